The number of esters is 2. The number of carbonyl (C=O) groups is 2. The minimum absolute atomic E-state index is 0.0531. The van der Waals surface area contributed by atoms with Crippen LogP contribution >= 0.6 is 0 Å². The summed E-state index contributed by atoms with van der Waals surface area (Å²) in [4.78, 5) is 35.6. The van der Waals surface area contributed by atoms with Gasteiger partial charge < -0.3 is 39.1 Å². The lowest BCUT2D eigenvalue weighted by molar-refractivity contribution is -0.234. The van der Waals surface area contributed by atoms with Crippen LogP contribution in [0.25, 0.3) is 22.1 Å². The largest absolute Gasteiger partial charge is 0.507 e. The number of hydrogen-bond donors (Lipinski definition) is 4. The molecule has 0 aliphatic carbocycles. The summed E-state index contributed by atoms with van der Waals surface area (Å²) in [5.41, 5.74) is -0.0150. The van der Waals surface area contributed by atoms with E-state index in [1.807, 2.05) is 0 Å². The van der Waals surface area contributed by atoms with Crippen LogP contribution in [0.5, 0.6) is 11.5 Å². The van der Waals surface area contributed by atoms with Crippen molar-refractivity contribution in [3.05, 3.63) is 58.4 Å². The van der Waals surface area contributed by atoms with Gasteiger partial charge in [0.2, 0.25) is 5.43 Å². The highest BCUT2D eigenvalue weighted by Gasteiger charge is 2.46. The first-order valence-corrected chi connectivity index (χ1v) is 11.0. The van der Waals surface area contributed by atoms with Gasteiger partial charge in [-0.25, -0.2) is 0 Å². The number of benzene rings is 2. The molecule has 0 unspecified atom stereocenters. The SMILES string of the molecule is CC(=O)OC[C@@H]1O[C@H](c2c(O)ccc3c(=O)c(-c4ccc(OC(C)=O)cc4)coc23)[C@@H](O)[C@H](O)[C@H]1O. The fraction of sp³-hybridized carbons (Fsp3) is 0.320. The van der Waals surface area contributed by atoms with Gasteiger partial charge in [0.05, 0.1) is 16.5 Å². The molecule has 36 heavy (non-hydrogen) atoms. The van der Waals surface area contributed by atoms with Crippen LogP contribution in [0.3, 0.4) is 0 Å². The Morgan fingerprint density at radius 1 is 0.944 bits per heavy atom. The molecule has 0 bridgehead atoms. The van der Waals surface area contributed by atoms with Gasteiger partial charge in [-0.15, -0.1) is 0 Å². The molecular formula is C25H24O11. The molecule has 11 nitrogen and oxygen atoms in total. The average molecular weight is 500 g/mol. The molecular weight excluding hydrogens is 476 g/mol. The predicted molar refractivity (Wildman–Crippen MR) is 123 cm³/mol. The summed E-state index contributed by atoms with van der Waals surface area (Å²) >= 11 is 0. The number of carbonyl (C=O) groups excluding carboxylic acids is 2. The number of phenolic OH excluding ortho intramolecular Hbond substituents is 1. The maximum Gasteiger partial charge on any atom is 0.308 e. The second kappa shape index (κ2) is 10.1. The molecule has 1 aromatic heterocycles. The lowest BCUT2D eigenvalue weighted by Crippen LogP contribution is -2.55. The van der Waals surface area contributed by atoms with E-state index in [0.29, 0.717) is 11.3 Å². The predicted octanol–water partition coefficient (Wildman–Crippen LogP) is 1.18. The highest BCUT2D eigenvalue weighted by atomic mass is 16.6. The maximum absolute atomic E-state index is 13.3. The number of hydrogen-bond acceptors (Lipinski definition) is 11. The van der Waals surface area contributed by atoms with E-state index < -0.39 is 54.5 Å². The van der Waals surface area contributed by atoms with Crippen molar-refractivity contribution >= 4 is 22.9 Å². The van der Waals surface area contributed by atoms with Crippen LogP contribution < -0.4 is 10.2 Å². The molecule has 1 fully saturated rings. The minimum atomic E-state index is -1.71. The first-order chi connectivity index (χ1) is 17.1. The van der Waals surface area contributed by atoms with Gasteiger partial charge in [-0.3, -0.25) is 14.4 Å². The number of fused-ring (bicyclic) bond motifs is 1. The molecule has 4 rings (SSSR count). The van der Waals surface area contributed by atoms with Crippen molar-refractivity contribution in [2.75, 3.05) is 6.61 Å². The van der Waals surface area contributed by atoms with E-state index in [-0.39, 0.29) is 27.8 Å². The molecule has 1 aliphatic heterocycles. The molecule has 0 radical (unpaired) electrons. The number of ether oxygens (including phenoxy) is 3. The molecule has 5 atom stereocenters. The summed E-state index contributed by atoms with van der Waals surface area (Å²) in [5.74, 6) is -1.21. The van der Waals surface area contributed by atoms with E-state index in [0.717, 1.165) is 6.92 Å². The summed E-state index contributed by atoms with van der Waals surface area (Å²) < 4.78 is 21.3. The van der Waals surface area contributed by atoms with Crippen LogP contribution in [-0.2, 0) is 19.1 Å². The van der Waals surface area contributed by atoms with Gasteiger partial charge in [0.15, 0.2) is 0 Å². The highest BCUT2D eigenvalue weighted by molar-refractivity contribution is 5.86. The van der Waals surface area contributed by atoms with Gasteiger partial charge in [0.1, 0.15) is 60.5 Å². The van der Waals surface area contributed by atoms with Gasteiger partial charge in [0, 0.05) is 13.8 Å². The number of phenols is 1. The number of aromatic hydroxyl groups is 1. The Balaban J connectivity index is 1.75. The molecule has 1 aliphatic rings. The molecule has 0 spiro atoms. The van der Waals surface area contributed by atoms with Gasteiger partial charge in [-0.05, 0) is 29.8 Å². The van der Waals surface area contributed by atoms with E-state index in [2.05, 4.69) is 0 Å². The van der Waals surface area contributed by atoms with Crippen molar-refractivity contribution in [3.8, 4) is 22.6 Å². The zero-order valence-corrected chi connectivity index (χ0v) is 19.3. The van der Waals surface area contributed by atoms with E-state index in [1.165, 1.54) is 37.5 Å². The third kappa shape index (κ3) is 4.82. The third-order valence-corrected chi connectivity index (χ3v) is 5.83. The van der Waals surface area contributed by atoms with Gasteiger partial charge in [-0.1, -0.05) is 12.1 Å². The molecule has 11 heteroatoms. The summed E-state index contributed by atoms with van der Waals surface area (Å²) in [5, 5.41) is 41.9. The molecule has 2 heterocycles. The van der Waals surface area contributed by atoms with Crippen molar-refractivity contribution in [1.29, 1.82) is 0 Å². The van der Waals surface area contributed by atoms with Crippen LogP contribution in [0.1, 0.15) is 25.5 Å². The van der Waals surface area contributed by atoms with Crippen molar-refractivity contribution in [3.63, 3.8) is 0 Å². The van der Waals surface area contributed by atoms with Crippen molar-refractivity contribution < 1.29 is 48.6 Å². The smallest absolute Gasteiger partial charge is 0.308 e. The Morgan fingerprint density at radius 2 is 1.64 bits per heavy atom. The minimum Gasteiger partial charge on any atom is -0.507 e. The zero-order valence-electron chi connectivity index (χ0n) is 19.3. The third-order valence-electron chi connectivity index (χ3n) is 5.83. The van der Waals surface area contributed by atoms with Crippen LogP contribution in [-0.4, -0.2) is 63.4 Å². The Labute approximate surface area is 204 Å². The van der Waals surface area contributed by atoms with Gasteiger partial charge in [-0.2, -0.15) is 0 Å². The molecule has 2 aromatic carbocycles. The molecule has 190 valence electrons. The Bertz CT molecular complexity index is 1340. The van der Waals surface area contributed by atoms with Crippen LogP contribution in [0.15, 0.2) is 51.9 Å². The second-order valence-corrected chi connectivity index (χ2v) is 8.34. The van der Waals surface area contributed by atoms with Crippen LogP contribution in [0, 0.1) is 0 Å². The number of aliphatic hydroxyl groups is 3. The highest BCUT2D eigenvalue weighted by Crippen LogP contribution is 2.40. The molecule has 4 N–H and O–H groups in total. The fourth-order valence-corrected chi connectivity index (χ4v) is 4.08. The van der Waals surface area contributed by atoms with Crippen molar-refractivity contribution in [2.45, 2.75) is 44.4 Å². The molecule has 3 aromatic rings. The summed E-state index contributed by atoms with van der Waals surface area (Å²) in [6.07, 6.45) is -6.48. The summed E-state index contributed by atoms with van der Waals surface area (Å²) in [6, 6.07) is 8.74. The second-order valence-electron chi connectivity index (χ2n) is 8.34. The van der Waals surface area contributed by atoms with E-state index in [1.54, 1.807) is 12.1 Å². The van der Waals surface area contributed by atoms with Gasteiger partial charge >= 0.3 is 11.9 Å². The normalized spacial score (nSPS) is 23.9. The van der Waals surface area contributed by atoms with E-state index >= 15 is 0 Å². The monoisotopic (exact) mass is 500 g/mol. The van der Waals surface area contributed by atoms with E-state index in [9.17, 15) is 34.8 Å². The Hall–Kier alpha value is -3.77. The summed E-state index contributed by atoms with van der Waals surface area (Å²) in [7, 11) is 0. The van der Waals surface area contributed by atoms with Crippen molar-refractivity contribution in [2.24, 2.45) is 0 Å². The molecule has 0 saturated carbocycles. The Kier molecular flexibility index (Phi) is 7.09. The lowest BCUT2D eigenvalue weighted by Gasteiger charge is -2.40. The van der Waals surface area contributed by atoms with Crippen LogP contribution in [0.4, 0.5) is 0 Å². The lowest BCUT2D eigenvalue weighted by atomic mass is 9.89. The standard InChI is InChI=1S/C25H24O11/c1-11(26)33-10-18-21(30)22(31)23(32)25(36-18)19-17(28)8-7-15-20(29)16(9-34-24(15)19)13-3-5-14(6-4-13)35-12(2)27/h3-9,18,21-23,25,28,30-32H,10H2,1-2H3/t18-,21-,22+,23-,25+/m0/s1. The summed E-state index contributed by atoms with van der Waals surface area (Å²) in [6.45, 7) is 2.01. The van der Waals surface area contributed by atoms with Crippen molar-refractivity contribution in [1.82, 2.24) is 0 Å². The number of aliphatic hydroxyl groups excluding tert-OH is 3. The van der Waals surface area contributed by atoms with E-state index in [4.69, 9.17) is 18.6 Å². The maximum atomic E-state index is 13.3. The first kappa shape index (κ1) is 25.3. The fourth-order valence-electron chi connectivity index (χ4n) is 4.08. The number of rotatable bonds is 5. The van der Waals surface area contributed by atoms with Crippen LogP contribution in [0.2, 0.25) is 0 Å². The molecule has 1 saturated heterocycles. The first-order valence-electron chi connectivity index (χ1n) is 11.0. The molecule has 0 amide bonds. The zero-order chi connectivity index (χ0) is 26.1. The van der Waals surface area contributed by atoms with Gasteiger partial charge in [0.25, 0.3) is 0 Å². The Morgan fingerprint density at radius 3 is 2.28 bits per heavy atom. The average Bonchev–Trinajstić information content (AvgIpc) is 2.83. The topological polar surface area (TPSA) is 173 Å². The quantitative estimate of drug-likeness (QED) is 0.293.